The summed E-state index contributed by atoms with van der Waals surface area (Å²) in [5.74, 6) is -17.7. The second-order valence-corrected chi connectivity index (χ2v) is 36.4. The number of unbranched alkanes of at least 4 members (excludes halogenated alkanes) is 2. The van der Waals surface area contributed by atoms with Crippen LogP contribution in [-0.4, -0.2) is 317 Å². The van der Waals surface area contributed by atoms with Crippen molar-refractivity contribution in [2.75, 3.05) is 65.4 Å². The van der Waals surface area contributed by atoms with Crippen molar-refractivity contribution < 1.29 is 91.7 Å². The molecule has 3 fully saturated rings. The summed E-state index contributed by atoms with van der Waals surface area (Å²) in [6, 6.07) is -0.967. The number of primary amides is 2. The Morgan fingerprint density at radius 3 is 1.67 bits per heavy atom. The van der Waals surface area contributed by atoms with Gasteiger partial charge in [-0.2, -0.15) is 0 Å². The Balaban J connectivity index is 1.10. The summed E-state index contributed by atoms with van der Waals surface area (Å²) < 4.78 is 0. The number of aliphatic hydroxyl groups excluding tert-OH is 2. The Hall–Kier alpha value is -13.6. The Morgan fingerprint density at radius 1 is 0.547 bits per heavy atom. The van der Waals surface area contributed by atoms with Crippen LogP contribution in [-0.2, 0) is 114 Å². The number of imidazole rings is 1. The Bertz CT molecular complexity index is 5270. The summed E-state index contributed by atoms with van der Waals surface area (Å²) in [6.45, 7) is 6.22. The number of H-pyrrole nitrogens is 3. The molecule has 15 atom stereocenters. The maximum Gasteiger partial charge on any atom is 0.246 e. The molecule has 25 N–H and O–H groups in total. The summed E-state index contributed by atoms with van der Waals surface area (Å²) in [6.07, 6.45) is 3.81. The van der Waals surface area contributed by atoms with Crippen molar-refractivity contribution in [2.45, 2.75) is 241 Å². The number of nitrogens with one attached hydrogen (secondary N) is 15. The topological polar surface area (TPSA) is 667 Å². The van der Waals surface area contributed by atoms with Crippen LogP contribution in [0.15, 0.2) is 97.7 Å². The molecule has 0 radical (unpaired) electrons. The summed E-state index contributed by atoms with van der Waals surface area (Å²) in [7, 11) is 3.94. The van der Waals surface area contributed by atoms with Crippen LogP contribution in [0.2, 0.25) is 0 Å². The molecule has 3 aromatic heterocycles. The second kappa shape index (κ2) is 51.4. The number of carbonyl (C=O) groups excluding carboxylic acids is 17. The van der Waals surface area contributed by atoms with Crippen molar-refractivity contribution >= 4 is 140 Å². The number of rotatable bonds is 27. The number of thioether (sulfide) groups is 1. The Kier molecular flexibility index (Phi) is 40.2. The van der Waals surface area contributed by atoms with Gasteiger partial charge in [-0.25, -0.2) is 4.98 Å². The van der Waals surface area contributed by atoms with Gasteiger partial charge < -0.3 is 131 Å². The molecule has 0 spiro atoms. The lowest BCUT2D eigenvalue weighted by atomic mass is 10.00. The standard InChI is InChI=1S/C92H131N25O19S/c1-9-11-24-71-84(129)105-62(23-17-31-99-92(96)97)80(125)112-70(79(124)102-44-76(95)121)47-137-48-77(122)104-66(34-52-27-29-53(40-93)30-28-52)87(132)113(6)51(5)78(123)108-68(39-75(94)120)89(134)116-32-18-26-72(116)85(130)107-64(37-56-43-98-49-103-56)82(127)109-65(33-50(3)4)90(135)117-45-57(119)38-74(117)86(131)106-63(35-54-41-100-60-21-15-13-19-58(54)60)81(126)111-69(46-118)83(128)110-67(36-55-42-101-61-22-16-14-20-59(55)61)88(133)115(8)73(25-12-10-2)91(136)114(71)7/h13-16,19-22,27-30,41-43,49-51,57,62-74,100-101,118-119H,9-12,17-18,23-26,31-40,44-48,93H2,1-8H3,(H2,94,120)(H2,95,121)(H,98,103)(H,102,124)(H,104,122)(H,105,129)(H,106,131)(H,107,130)(H,108,123)(H,109,127)(H,110,128)(H,111,126)(H,112,125)(H4,96,97,99)/t51-,57+,62-,63-,64-,65-,66-,67-,68-,69-,70-,71-,72-,73-,74-/m0/s1. The maximum atomic E-state index is 15.8. The molecule has 3 aliphatic rings. The molecule has 744 valence electrons. The molecule has 9 rings (SSSR count). The van der Waals surface area contributed by atoms with Crippen molar-refractivity contribution in [2.24, 2.45) is 28.9 Å². The van der Waals surface area contributed by atoms with E-state index in [-0.39, 0.29) is 96.2 Å². The number of aliphatic hydroxyl groups is 2. The lowest BCUT2D eigenvalue weighted by Crippen LogP contribution is -2.62. The lowest BCUT2D eigenvalue weighted by Gasteiger charge is -2.36. The van der Waals surface area contributed by atoms with Gasteiger partial charge in [-0.3, -0.25) is 86.9 Å². The maximum absolute atomic E-state index is 15.8. The molecule has 3 aliphatic heterocycles. The molecule has 0 unspecified atom stereocenters. The summed E-state index contributed by atoms with van der Waals surface area (Å²) in [5, 5.41) is 61.1. The molecule has 17 amide bonds. The van der Waals surface area contributed by atoms with Crippen LogP contribution in [0.3, 0.4) is 0 Å². The first kappa shape index (κ1) is 107. The Morgan fingerprint density at radius 2 is 1.08 bits per heavy atom. The fourth-order valence-corrected chi connectivity index (χ4v) is 17.8. The third-order valence-corrected chi connectivity index (χ3v) is 25.7. The SMILES string of the molecule is CCCC[C@H]1C(=O)N(C)[C@@H](CCCC)C(=O)N[C@@H](CCCNC(=N)N)C(=O)N[C@H](C(=O)NCC(N)=O)CSCC(=O)N[C@@H](Cc2ccc(CN)cc2)C(=O)N(C)[C@@H](C)C(=O)N[C@@H](CC(N)=O)C(=O)N2CCC[C@H]2C(=O)N[C@@H](Cc2cnc[nH]2)C(=O)N[C@@H](CC(C)C)C(=O)N2C[C@H](O)C[C@H]2C(=O)N[C@@H](Cc2c[nH]c3ccccc23)C(=O)N[C@@H](CO)C(=O)N[C@@H](Cc2c[nH]c3ccccc23)C(=O)N1C. The molecule has 44 nitrogen and oxygen atoms in total. The van der Waals surface area contributed by atoms with Crippen molar-refractivity contribution in [3.8, 4) is 0 Å². The van der Waals surface area contributed by atoms with E-state index in [4.69, 9.17) is 28.3 Å². The molecule has 6 aromatic rings. The third-order valence-electron chi connectivity index (χ3n) is 24.6. The number of hydrogen-bond donors (Lipinski definition) is 21. The molecular formula is C92H131N25O19S. The predicted octanol–water partition coefficient (Wildman–Crippen LogP) is -3.18. The Labute approximate surface area is 797 Å². The van der Waals surface area contributed by atoms with E-state index in [2.05, 4.69) is 78.4 Å². The molecule has 3 saturated heterocycles. The zero-order valence-corrected chi connectivity index (χ0v) is 79.2. The number of aromatic amines is 3. The fraction of sp³-hybridized carbons (Fsp3) is 0.533. The smallest absolute Gasteiger partial charge is 0.246 e. The van der Waals surface area contributed by atoms with Crippen LogP contribution in [0.4, 0.5) is 0 Å². The van der Waals surface area contributed by atoms with Gasteiger partial charge in [0.2, 0.25) is 100 Å². The quantitative estimate of drug-likeness (QED) is 0.0137. The van der Waals surface area contributed by atoms with Crippen LogP contribution in [0.5, 0.6) is 0 Å². The van der Waals surface area contributed by atoms with E-state index in [0.29, 0.717) is 69.9 Å². The zero-order chi connectivity index (χ0) is 100. The molecular weight excluding hydrogens is 1790 g/mol. The monoisotopic (exact) mass is 1920 g/mol. The number of likely N-dealkylation sites (N-methyl/N-ethyl adjacent to an activating group) is 3. The van der Waals surface area contributed by atoms with Gasteiger partial charge in [0, 0.05) is 131 Å². The van der Waals surface area contributed by atoms with Gasteiger partial charge in [-0.05, 0) is 92.2 Å². The van der Waals surface area contributed by atoms with Gasteiger partial charge >= 0.3 is 0 Å². The summed E-state index contributed by atoms with van der Waals surface area (Å²) in [4.78, 5) is 270. The van der Waals surface area contributed by atoms with Gasteiger partial charge in [0.1, 0.15) is 84.6 Å². The van der Waals surface area contributed by atoms with Crippen LogP contribution in [0.25, 0.3) is 21.8 Å². The summed E-state index contributed by atoms with van der Waals surface area (Å²) >= 11 is 0.782. The van der Waals surface area contributed by atoms with Gasteiger partial charge in [0.05, 0.1) is 37.8 Å². The number of benzene rings is 3. The minimum absolute atomic E-state index is 0.00898. The molecule has 0 bridgehead atoms. The number of guanidine groups is 1. The van der Waals surface area contributed by atoms with E-state index < -0.39 is 241 Å². The number of nitrogens with zero attached hydrogens (tertiary/aromatic N) is 6. The second-order valence-electron chi connectivity index (χ2n) is 35.3. The number of nitrogens with two attached hydrogens (primary N) is 4. The van der Waals surface area contributed by atoms with Crippen molar-refractivity contribution in [3.05, 3.63) is 126 Å². The van der Waals surface area contributed by atoms with Crippen LogP contribution in [0, 0.1) is 11.3 Å². The molecule has 6 heterocycles. The number of para-hydroxylation sites is 2. The predicted molar refractivity (Wildman–Crippen MR) is 506 cm³/mol. The first-order chi connectivity index (χ1) is 65.3. The van der Waals surface area contributed by atoms with E-state index in [1.807, 2.05) is 13.8 Å². The van der Waals surface area contributed by atoms with Crippen LogP contribution >= 0.6 is 11.8 Å². The van der Waals surface area contributed by atoms with Crippen molar-refractivity contribution in [1.29, 1.82) is 5.41 Å². The number of carbonyl (C=O) groups is 17. The number of hydrogen-bond acceptors (Lipinski definition) is 23. The zero-order valence-electron chi connectivity index (χ0n) is 78.4. The van der Waals surface area contributed by atoms with Crippen LogP contribution < -0.4 is 81.4 Å². The first-order valence-electron chi connectivity index (χ1n) is 46.1. The number of fused-ring (bicyclic) bond motifs is 4. The molecule has 137 heavy (non-hydrogen) atoms. The summed E-state index contributed by atoms with van der Waals surface area (Å²) in [5.41, 5.74) is 26.6. The van der Waals surface area contributed by atoms with E-state index >= 15 is 38.4 Å². The van der Waals surface area contributed by atoms with Crippen molar-refractivity contribution in [3.63, 3.8) is 0 Å². The highest BCUT2D eigenvalue weighted by Gasteiger charge is 2.47. The van der Waals surface area contributed by atoms with Gasteiger partial charge in [-0.15, -0.1) is 11.8 Å². The third kappa shape index (κ3) is 30.0. The highest BCUT2D eigenvalue weighted by Crippen LogP contribution is 2.28. The normalized spacial score (nSPS) is 24.6. The van der Waals surface area contributed by atoms with E-state index in [1.165, 1.54) is 40.6 Å². The fourth-order valence-electron chi connectivity index (χ4n) is 17.0. The van der Waals surface area contributed by atoms with Gasteiger partial charge in [0.15, 0.2) is 5.96 Å². The van der Waals surface area contributed by atoms with E-state index in [9.17, 15) is 53.4 Å². The van der Waals surface area contributed by atoms with E-state index in [0.717, 1.165) is 41.8 Å². The van der Waals surface area contributed by atoms with E-state index in [1.54, 1.807) is 99.0 Å². The minimum Gasteiger partial charge on any atom is -0.394 e. The van der Waals surface area contributed by atoms with Crippen LogP contribution in [0.1, 0.15) is 146 Å². The highest BCUT2D eigenvalue weighted by molar-refractivity contribution is 8.00. The number of amides is 17. The average molecular weight is 1920 g/mol. The highest BCUT2D eigenvalue weighted by atomic mass is 32.2. The van der Waals surface area contributed by atoms with Gasteiger partial charge in [-0.1, -0.05) is 114 Å². The molecule has 0 saturated carbocycles. The first-order valence-corrected chi connectivity index (χ1v) is 47.3. The van der Waals surface area contributed by atoms with Gasteiger partial charge in [0.25, 0.3) is 0 Å². The average Bonchev–Trinajstić information content (AvgIpc) is 1.80. The largest absolute Gasteiger partial charge is 0.394 e. The molecule has 0 aliphatic carbocycles. The minimum atomic E-state index is -1.89. The van der Waals surface area contributed by atoms with Crippen molar-refractivity contribution in [1.82, 2.24) is 103 Å². The molecule has 45 heteroatoms. The lowest BCUT2D eigenvalue weighted by molar-refractivity contribution is -0.149. The number of aromatic nitrogens is 4. The molecule has 3 aromatic carbocycles.